The summed E-state index contributed by atoms with van der Waals surface area (Å²) in [6.07, 6.45) is 4.95. The van der Waals surface area contributed by atoms with Gasteiger partial charge in [0.15, 0.2) is 0 Å². The third-order valence-corrected chi connectivity index (χ3v) is 4.39. The molecule has 0 aromatic carbocycles. The molecule has 0 fully saturated rings. The molecule has 22 heavy (non-hydrogen) atoms. The van der Waals surface area contributed by atoms with E-state index in [0.717, 1.165) is 44.7 Å². The highest BCUT2D eigenvalue weighted by Gasteiger charge is 2.11. The Bertz CT molecular complexity index is 869. The number of nitrogens with one attached hydrogen (secondary N) is 1. The molecule has 4 heterocycles. The summed E-state index contributed by atoms with van der Waals surface area (Å²) in [6, 6.07) is 10.3. The maximum Gasteiger partial charge on any atom is 0.137 e. The van der Waals surface area contributed by atoms with Crippen LogP contribution in [0.1, 0.15) is 12.1 Å². The molecule has 1 N–H and O–H groups in total. The summed E-state index contributed by atoms with van der Waals surface area (Å²) < 4.78 is 6.35. The van der Waals surface area contributed by atoms with E-state index in [0.29, 0.717) is 6.61 Å². The fourth-order valence-corrected chi connectivity index (χ4v) is 3.14. The maximum absolute atomic E-state index is 5.37. The van der Waals surface area contributed by atoms with E-state index < -0.39 is 0 Å². The maximum atomic E-state index is 5.37. The van der Waals surface area contributed by atoms with Crippen LogP contribution in [-0.2, 0) is 4.74 Å². The largest absolute Gasteiger partial charge is 0.377 e. The van der Waals surface area contributed by atoms with Crippen LogP contribution >= 0.6 is 22.6 Å². The van der Waals surface area contributed by atoms with E-state index >= 15 is 0 Å². The quantitative estimate of drug-likeness (QED) is 0.519. The Morgan fingerprint density at radius 1 is 1.23 bits per heavy atom. The van der Waals surface area contributed by atoms with Crippen LogP contribution in [0.15, 0.2) is 42.6 Å². The highest BCUT2D eigenvalue weighted by molar-refractivity contribution is 14.1. The Kier molecular flexibility index (Phi) is 3.67. The molecule has 0 bridgehead atoms. The van der Waals surface area contributed by atoms with Crippen molar-refractivity contribution in [3.05, 3.63) is 52.0 Å². The van der Waals surface area contributed by atoms with Crippen molar-refractivity contribution in [1.82, 2.24) is 15.0 Å². The summed E-state index contributed by atoms with van der Waals surface area (Å²) in [7, 11) is 0. The van der Waals surface area contributed by atoms with Gasteiger partial charge < -0.3 is 9.72 Å². The molecule has 3 aromatic heterocycles. The number of halogens is 1. The summed E-state index contributed by atoms with van der Waals surface area (Å²) in [5.74, 6) is 0. The first-order valence-corrected chi connectivity index (χ1v) is 8.26. The van der Waals surface area contributed by atoms with Crippen molar-refractivity contribution in [3.8, 4) is 11.3 Å². The Labute approximate surface area is 141 Å². The smallest absolute Gasteiger partial charge is 0.137 e. The number of H-pyrrole nitrogens is 1. The van der Waals surface area contributed by atoms with Crippen LogP contribution in [0.2, 0.25) is 0 Å². The zero-order chi connectivity index (χ0) is 14.9. The van der Waals surface area contributed by atoms with E-state index in [1.807, 2.05) is 24.4 Å². The first-order valence-electron chi connectivity index (χ1n) is 7.18. The molecule has 0 spiro atoms. The van der Waals surface area contributed by atoms with Crippen molar-refractivity contribution in [1.29, 1.82) is 0 Å². The van der Waals surface area contributed by atoms with E-state index in [4.69, 9.17) is 4.74 Å². The van der Waals surface area contributed by atoms with Gasteiger partial charge in [-0.15, -0.1) is 0 Å². The number of hydrogen-bond acceptors (Lipinski definition) is 3. The molecule has 4 nitrogen and oxygen atoms in total. The van der Waals surface area contributed by atoms with Gasteiger partial charge in [-0.1, -0.05) is 12.1 Å². The van der Waals surface area contributed by atoms with Gasteiger partial charge in [-0.25, -0.2) is 9.97 Å². The average molecular weight is 403 g/mol. The third kappa shape index (κ3) is 2.66. The minimum absolute atomic E-state index is 0.690. The predicted octanol–water partition coefficient (Wildman–Crippen LogP) is 4.03. The lowest BCUT2D eigenvalue weighted by atomic mass is 10.1. The van der Waals surface area contributed by atoms with E-state index in [9.17, 15) is 0 Å². The minimum Gasteiger partial charge on any atom is -0.377 e. The Balaban J connectivity index is 1.76. The molecule has 3 aromatic rings. The number of aromatic nitrogens is 3. The van der Waals surface area contributed by atoms with Crippen molar-refractivity contribution in [2.75, 3.05) is 13.2 Å². The molecule has 0 radical (unpaired) electrons. The van der Waals surface area contributed by atoms with Crippen LogP contribution in [0.4, 0.5) is 0 Å². The number of pyridine rings is 2. The molecular formula is C17H14IN3O. The van der Waals surface area contributed by atoms with Gasteiger partial charge in [0.05, 0.1) is 18.9 Å². The second-order valence-corrected chi connectivity index (χ2v) is 6.35. The van der Waals surface area contributed by atoms with Gasteiger partial charge in [0.1, 0.15) is 9.35 Å². The fraction of sp³-hybridized carbons (Fsp3) is 0.176. The molecule has 5 heteroatoms. The molecule has 1 aliphatic heterocycles. The molecule has 110 valence electrons. The second kappa shape index (κ2) is 5.81. The zero-order valence-corrected chi connectivity index (χ0v) is 14.0. The molecule has 1 aliphatic rings. The summed E-state index contributed by atoms with van der Waals surface area (Å²) in [5, 5.41) is 1.11. The normalized spacial score (nSPS) is 15.0. The summed E-state index contributed by atoms with van der Waals surface area (Å²) >= 11 is 2.23. The molecule has 0 saturated heterocycles. The lowest BCUT2D eigenvalue weighted by Crippen LogP contribution is -2.03. The Hall–Kier alpha value is -1.73. The number of rotatable bonds is 2. The highest BCUT2D eigenvalue weighted by atomic mass is 127. The van der Waals surface area contributed by atoms with E-state index in [1.165, 1.54) is 5.57 Å². The van der Waals surface area contributed by atoms with Crippen molar-refractivity contribution in [3.63, 3.8) is 0 Å². The molecule has 0 unspecified atom stereocenters. The van der Waals surface area contributed by atoms with Crippen LogP contribution in [0.5, 0.6) is 0 Å². The summed E-state index contributed by atoms with van der Waals surface area (Å²) in [5.41, 5.74) is 5.35. The van der Waals surface area contributed by atoms with Gasteiger partial charge in [-0.2, -0.15) is 0 Å². The van der Waals surface area contributed by atoms with Crippen molar-refractivity contribution >= 4 is 39.2 Å². The topological polar surface area (TPSA) is 50.8 Å². The van der Waals surface area contributed by atoms with Crippen LogP contribution in [0.3, 0.4) is 0 Å². The first-order chi connectivity index (χ1) is 10.8. The minimum atomic E-state index is 0.690. The van der Waals surface area contributed by atoms with Gasteiger partial charge in [-0.05, 0) is 58.9 Å². The van der Waals surface area contributed by atoms with Gasteiger partial charge >= 0.3 is 0 Å². The van der Waals surface area contributed by atoms with Crippen molar-refractivity contribution < 1.29 is 4.74 Å². The monoisotopic (exact) mass is 403 g/mol. The molecule has 0 saturated carbocycles. The van der Waals surface area contributed by atoms with Gasteiger partial charge in [0.2, 0.25) is 0 Å². The lowest BCUT2D eigenvalue weighted by molar-refractivity contribution is 0.161. The molecule has 4 rings (SSSR count). The Morgan fingerprint density at radius 3 is 3.00 bits per heavy atom. The number of ether oxygens (including phenoxy) is 1. The fourth-order valence-electron chi connectivity index (χ4n) is 2.67. The zero-order valence-electron chi connectivity index (χ0n) is 11.8. The standard InChI is InChI=1S/C17H14IN3O/c18-16-3-1-2-14(20-16)13-8-12-9-15(21-17(12)19-10-13)11-4-6-22-7-5-11/h1-4,8-10H,5-7H2,(H,19,21). The van der Waals surface area contributed by atoms with E-state index in [2.05, 4.69) is 55.8 Å². The Morgan fingerprint density at radius 2 is 2.18 bits per heavy atom. The third-order valence-electron chi connectivity index (χ3n) is 3.79. The lowest BCUT2D eigenvalue weighted by Gasteiger charge is -2.11. The van der Waals surface area contributed by atoms with E-state index in [1.54, 1.807) is 0 Å². The molecule has 0 aliphatic carbocycles. The van der Waals surface area contributed by atoms with Crippen molar-refractivity contribution in [2.45, 2.75) is 6.42 Å². The van der Waals surface area contributed by atoms with Crippen molar-refractivity contribution in [2.24, 2.45) is 0 Å². The SMILES string of the molecule is Ic1cccc(-c2cnc3[nH]c(C4=CCOCC4)cc3c2)n1. The van der Waals surface area contributed by atoms with Gasteiger partial charge in [0, 0.05) is 22.8 Å². The van der Waals surface area contributed by atoms with Crippen LogP contribution < -0.4 is 0 Å². The number of aromatic amines is 1. The van der Waals surface area contributed by atoms with Crippen LogP contribution in [0.25, 0.3) is 27.9 Å². The number of nitrogens with zero attached hydrogens (tertiary/aromatic N) is 2. The van der Waals surface area contributed by atoms with Crippen LogP contribution in [0, 0.1) is 3.70 Å². The molecule has 0 atom stereocenters. The number of fused-ring (bicyclic) bond motifs is 1. The second-order valence-electron chi connectivity index (χ2n) is 5.24. The average Bonchev–Trinajstić information content (AvgIpc) is 2.99. The predicted molar refractivity (Wildman–Crippen MR) is 95.5 cm³/mol. The molecular weight excluding hydrogens is 389 g/mol. The van der Waals surface area contributed by atoms with Gasteiger partial charge in [0.25, 0.3) is 0 Å². The summed E-state index contributed by atoms with van der Waals surface area (Å²) in [4.78, 5) is 12.5. The molecule has 0 amide bonds. The van der Waals surface area contributed by atoms with E-state index in [-0.39, 0.29) is 0 Å². The number of hydrogen-bond donors (Lipinski definition) is 1. The first kappa shape index (κ1) is 13.9. The van der Waals surface area contributed by atoms with Crippen LogP contribution in [-0.4, -0.2) is 28.2 Å². The highest BCUT2D eigenvalue weighted by Crippen LogP contribution is 2.26. The van der Waals surface area contributed by atoms with Gasteiger partial charge in [-0.3, -0.25) is 0 Å². The summed E-state index contributed by atoms with van der Waals surface area (Å²) in [6.45, 7) is 1.47.